The molecule has 0 aliphatic rings. The maximum Gasteiger partial charge on any atom is 0.242 e. The van der Waals surface area contributed by atoms with Crippen LogP contribution in [0.1, 0.15) is 26.3 Å². The van der Waals surface area contributed by atoms with Crippen LogP contribution in [0.4, 0.5) is 0 Å². The van der Waals surface area contributed by atoms with Gasteiger partial charge in [-0.05, 0) is 24.6 Å². The van der Waals surface area contributed by atoms with Crippen LogP contribution in [0.25, 0.3) is 11.0 Å². The molecule has 2 heterocycles. The fourth-order valence-electron chi connectivity index (χ4n) is 2.21. The number of hydrogen-bond donors (Lipinski definition) is 1. The minimum atomic E-state index is 0.100. The first kappa shape index (κ1) is 15.5. The maximum absolute atomic E-state index is 12.1. The van der Waals surface area contributed by atoms with Crippen LogP contribution in [0.5, 0.6) is 0 Å². The lowest BCUT2D eigenvalue weighted by Crippen LogP contribution is -2.29. The summed E-state index contributed by atoms with van der Waals surface area (Å²) in [4.78, 5) is 18.3. The van der Waals surface area contributed by atoms with E-state index in [0.717, 1.165) is 17.6 Å². The van der Waals surface area contributed by atoms with E-state index in [9.17, 15) is 4.79 Å². The second-order valence-corrected chi connectivity index (χ2v) is 5.60. The minimum Gasteiger partial charge on any atom is -0.344 e. The molecule has 1 amide bonds. The summed E-state index contributed by atoms with van der Waals surface area (Å²) in [5.74, 6) is 0.100. The van der Waals surface area contributed by atoms with Crippen LogP contribution in [0.15, 0.2) is 24.5 Å². The summed E-state index contributed by atoms with van der Waals surface area (Å²) in [6.45, 7) is 8.05. The van der Waals surface area contributed by atoms with Gasteiger partial charge in [-0.3, -0.25) is 4.79 Å². The first-order valence-electron chi connectivity index (χ1n) is 7.43. The van der Waals surface area contributed by atoms with E-state index in [1.165, 1.54) is 5.56 Å². The second-order valence-electron chi connectivity index (χ2n) is 5.60. The molecule has 2 aromatic rings. The van der Waals surface area contributed by atoms with Crippen LogP contribution in [-0.4, -0.2) is 40.0 Å². The number of fused-ring (bicyclic) bond motifs is 1. The van der Waals surface area contributed by atoms with Gasteiger partial charge < -0.3 is 14.8 Å². The third-order valence-electron chi connectivity index (χ3n) is 3.62. The number of rotatable bonds is 6. The van der Waals surface area contributed by atoms with Crippen molar-refractivity contribution >= 4 is 16.9 Å². The van der Waals surface area contributed by atoms with E-state index < -0.39 is 0 Å². The van der Waals surface area contributed by atoms with Gasteiger partial charge >= 0.3 is 0 Å². The lowest BCUT2D eigenvalue weighted by molar-refractivity contribution is -0.130. The number of pyridine rings is 1. The Bertz CT molecular complexity index is 618. The molecule has 0 saturated heterocycles. The minimum absolute atomic E-state index is 0.100. The molecule has 0 saturated carbocycles. The zero-order valence-corrected chi connectivity index (χ0v) is 13.3. The van der Waals surface area contributed by atoms with Crippen molar-refractivity contribution in [2.45, 2.75) is 39.9 Å². The van der Waals surface area contributed by atoms with E-state index in [4.69, 9.17) is 0 Å². The monoisotopic (exact) mass is 288 g/mol. The molecule has 2 rings (SSSR count). The SMILES string of the molecule is CCN(C)C(=O)Cn1cc(CNC(C)C)c2cccnc21. The van der Waals surface area contributed by atoms with Crippen LogP contribution in [0.3, 0.4) is 0 Å². The quantitative estimate of drug-likeness (QED) is 0.884. The summed E-state index contributed by atoms with van der Waals surface area (Å²) in [6.07, 6.45) is 3.81. The van der Waals surface area contributed by atoms with Gasteiger partial charge in [-0.1, -0.05) is 13.8 Å². The normalized spacial score (nSPS) is 11.3. The zero-order chi connectivity index (χ0) is 15.4. The Hall–Kier alpha value is -1.88. The largest absolute Gasteiger partial charge is 0.344 e. The van der Waals surface area contributed by atoms with Crippen molar-refractivity contribution in [3.63, 3.8) is 0 Å². The molecule has 5 nitrogen and oxygen atoms in total. The van der Waals surface area contributed by atoms with Crippen molar-refractivity contribution in [1.82, 2.24) is 19.8 Å². The summed E-state index contributed by atoms with van der Waals surface area (Å²) in [6, 6.07) is 4.42. The zero-order valence-electron chi connectivity index (χ0n) is 13.3. The van der Waals surface area contributed by atoms with Gasteiger partial charge in [0.1, 0.15) is 12.2 Å². The molecule has 114 valence electrons. The fraction of sp³-hybridized carbons (Fsp3) is 0.500. The Morgan fingerprint density at radius 3 is 2.90 bits per heavy atom. The molecule has 1 N–H and O–H groups in total. The first-order chi connectivity index (χ1) is 10.0. The fourth-order valence-corrected chi connectivity index (χ4v) is 2.21. The van der Waals surface area contributed by atoms with Gasteiger partial charge in [0.2, 0.25) is 5.91 Å². The molecular weight excluding hydrogens is 264 g/mol. The van der Waals surface area contributed by atoms with Crippen molar-refractivity contribution in [1.29, 1.82) is 0 Å². The predicted octanol–water partition coefficient (Wildman–Crippen LogP) is 2.01. The summed E-state index contributed by atoms with van der Waals surface area (Å²) in [7, 11) is 1.82. The predicted molar refractivity (Wildman–Crippen MR) is 85.0 cm³/mol. The molecule has 0 spiro atoms. The van der Waals surface area contributed by atoms with Gasteiger partial charge in [0.15, 0.2) is 0 Å². The van der Waals surface area contributed by atoms with Crippen LogP contribution < -0.4 is 5.32 Å². The van der Waals surface area contributed by atoms with Gasteiger partial charge in [0.05, 0.1) is 0 Å². The molecule has 0 radical (unpaired) electrons. The van der Waals surface area contributed by atoms with Gasteiger partial charge in [0, 0.05) is 44.0 Å². The average Bonchev–Trinajstić information content (AvgIpc) is 2.82. The van der Waals surface area contributed by atoms with Gasteiger partial charge in [-0.2, -0.15) is 0 Å². The summed E-state index contributed by atoms with van der Waals surface area (Å²) in [5, 5.41) is 4.53. The smallest absolute Gasteiger partial charge is 0.242 e. The van der Waals surface area contributed by atoms with Crippen molar-refractivity contribution in [3.8, 4) is 0 Å². The van der Waals surface area contributed by atoms with Crippen LogP contribution in [-0.2, 0) is 17.9 Å². The van der Waals surface area contributed by atoms with Gasteiger partial charge in [-0.25, -0.2) is 4.98 Å². The highest BCUT2D eigenvalue weighted by molar-refractivity contribution is 5.83. The third kappa shape index (κ3) is 3.61. The lowest BCUT2D eigenvalue weighted by Gasteiger charge is -2.14. The molecule has 0 fully saturated rings. The molecule has 0 aliphatic carbocycles. The molecule has 0 unspecified atom stereocenters. The Kier molecular flexibility index (Phi) is 4.96. The molecule has 0 atom stereocenters. The number of hydrogen-bond acceptors (Lipinski definition) is 3. The van der Waals surface area contributed by atoms with Crippen molar-refractivity contribution in [2.24, 2.45) is 0 Å². The van der Waals surface area contributed by atoms with Crippen molar-refractivity contribution < 1.29 is 4.79 Å². The molecule has 0 aromatic carbocycles. The van der Waals surface area contributed by atoms with E-state index in [0.29, 0.717) is 19.1 Å². The van der Waals surface area contributed by atoms with Crippen LogP contribution in [0, 0.1) is 0 Å². The van der Waals surface area contributed by atoms with Gasteiger partial charge in [0.25, 0.3) is 0 Å². The molecule has 0 bridgehead atoms. The first-order valence-corrected chi connectivity index (χ1v) is 7.43. The summed E-state index contributed by atoms with van der Waals surface area (Å²) in [5.41, 5.74) is 2.05. The highest BCUT2D eigenvalue weighted by atomic mass is 16.2. The van der Waals surface area contributed by atoms with E-state index in [2.05, 4.69) is 30.2 Å². The Labute approximate surface area is 126 Å². The number of carbonyl (C=O) groups is 1. The number of aromatic nitrogens is 2. The van der Waals surface area contributed by atoms with E-state index in [1.807, 2.05) is 30.8 Å². The molecule has 21 heavy (non-hydrogen) atoms. The van der Waals surface area contributed by atoms with E-state index in [-0.39, 0.29) is 5.91 Å². The highest BCUT2D eigenvalue weighted by Crippen LogP contribution is 2.19. The van der Waals surface area contributed by atoms with Crippen molar-refractivity contribution in [2.75, 3.05) is 13.6 Å². The molecular formula is C16H24N4O. The van der Waals surface area contributed by atoms with Gasteiger partial charge in [-0.15, -0.1) is 0 Å². The van der Waals surface area contributed by atoms with Crippen LogP contribution >= 0.6 is 0 Å². The number of nitrogens with one attached hydrogen (secondary N) is 1. The van der Waals surface area contributed by atoms with Crippen molar-refractivity contribution in [3.05, 3.63) is 30.1 Å². The number of amides is 1. The Balaban J connectivity index is 2.29. The summed E-state index contributed by atoms with van der Waals surface area (Å²) >= 11 is 0. The number of nitrogens with zero attached hydrogens (tertiary/aromatic N) is 3. The summed E-state index contributed by atoms with van der Waals surface area (Å²) < 4.78 is 1.95. The molecule has 5 heteroatoms. The molecule has 0 aliphatic heterocycles. The Morgan fingerprint density at radius 1 is 1.48 bits per heavy atom. The third-order valence-corrected chi connectivity index (χ3v) is 3.62. The standard InChI is InChI=1S/C16H24N4O/c1-5-19(4)15(21)11-20-10-13(9-18-12(2)3)14-7-6-8-17-16(14)20/h6-8,10,12,18H,5,9,11H2,1-4H3. The molecule has 2 aromatic heterocycles. The topological polar surface area (TPSA) is 50.2 Å². The van der Waals surface area contributed by atoms with Crippen LogP contribution in [0.2, 0.25) is 0 Å². The maximum atomic E-state index is 12.1. The average molecular weight is 288 g/mol. The lowest BCUT2D eigenvalue weighted by atomic mass is 10.2. The number of likely N-dealkylation sites (N-methyl/N-ethyl adjacent to an activating group) is 1. The Morgan fingerprint density at radius 2 is 2.24 bits per heavy atom. The van der Waals surface area contributed by atoms with E-state index in [1.54, 1.807) is 11.1 Å². The highest BCUT2D eigenvalue weighted by Gasteiger charge is 2.13. The second kappa shape index (κ2) is 6.72. The van der Waals surface area contributed by atoms with E-state index >= 15 is 0 Å². The number of carbonyl (C=O) groups excluding carboxylic acids is 1.